The summed E-state index contributed by atoms with van der Waals surface area (Å²) < 4.78 is 11.4. The lowest BCUT2D eigenvalue weighted by atomic mass is 10.3. The zero-order chi connectivity index (χ0) is 7.40. The maximum absolute atomic E-state index is 11.4. The third kappa shape index (κ3) is 1.28. The van der Waals surface area contributed by atoms with Crippen molar-refractivity contribution < 1.29 is 9.28 Å². The van der Waals surface area contributed by atoms with Crippen LogP contribution in [0.15, 0.2) is 24.4 Å². The predicted octanol–water partition coefficient (Wildman–Crippen LogP) is 0.696. The number of amides is 1. The Bertz CT molecular complexity index is 224. The Balaban J connectivity index is 2.85. The molecule has 0 bridgehead atoms. The molecular formula is C6H5FN2O. The Morgan fingerprint density at radius 2 is 2.40 bits per heavy atom. The number of carbonyl (C=O) groups is 1. The Morgan fingerprint density at radius 1 is 1.60 bits per heavy atom. The van der Waals surface area contributed by atoms with Crippen LogP contribution in [0.5, 0.6) is 0 Å². The molecule has 0 saturated heterocycles. The van der Waals surface area contributed by atoms with Crippen molar-refractivity contribution in [2.75, 3.05) is 0 Å². The van der Waals surface area contributed by atoms with Gasteiger partial charge in [0.1, 0.15) is 5.69 Å². The molecule has 52 valence electrons. The molecular weight excluding hydrogens is 135 g/mol. The van der Waals surface area contributed by atoms with Crippen molar-refractivity contribution in [3.8, 4) is 0 Å². The topological polar surface area (TPSA) is 42.0 Å². The van der Waals surface area contributed by atoms with Crippen molar-refractivity contribution in [3.63, 3.8) is 0 Å². The average molecular weight is 140 g/mol. The van der Waals surface area contributed by atoms with Crippen LogP contribution in [0.2, 0.25) is 0 Å². The van der Waals surface area contributed by atoms with Gasteiger partial charge in [-0.3, -0.25) is 9.78 Å². The van der Waals surface area contributed by atoms with Crippen LogP contribution in [0, 0.1) is 0 Å². The number of hydrogen-bond donors (Lipinski definition) is 1. The molecule has 0 aliphatic rings. The second-order valence-electron chi connectivity index (χ2n) is 1.64. The maximum Gasteiger partial charge on any atom is 0.297 e. The van der Waals surface area contributed by atoms with Crippen molar-refractivity contribution in [3.05, 3.63) is 30.1 Å². The Morgan fingerprint density at radius 3 is 2.90 bits per heavy atom. The molecule has 0 atom stereocenters. The summed E-state index contributed by atoms with van der Waals surface area (Å²) >= 11 is 0. The minimum Gasteiger partial charge on any atom is -0.265 e. The van der Waals surface area contributed by atoms with Gasteiger partial charge in [0, 0.05) is 6.20 Å². The van der Waals surface area contributed by atoms with Crippen LogP contribution in [-0.2, 0) is 0 Å². The van der Waals surface area contributed by atoms with E-state index in [1.54, 1.807) is 12.1 Å². The number of rotatable bonds is 1. The normalized spacial score (nSPS) is 8.90. The quantitative estimate of drug-likeness (QED) is 0.583. The summed E-state index contributed by atoms with van der Waals surface area (Å²) in [6.45, 7) is 0. The van der Waals surface area contributed by atoms with E-state index in [1.165, 1.54) is 12.3 Å². The lowest BCUT2D eigenvalue weighted by Crippen LogP contribution is -2.14. The van der Waals surface area contributed by atoms with Gasteiger partial charge < -0.3 is 0 Å². The van der Waals surface area contributed by atoms with Crippen LogP contribution in [0.1, 0.15) is 10.5 Å². The van der Waals surface area contributed by atoms with Gasteiger partial charge in [-0.2, -0.15) is 5.54 Å². The van der Waals surface area contributed by atoms with Gasteiger partial charge in [-0.05, 0) is 12.1 Å². The second-order valence-corrected chi connectivity index (χ2v) is 1.64. The van der Waals surface area contributed by atoms with Gasteiger partial charge in [0.25, 0.3) is 5.91 Å². The monoisotopic (exact) mass is 140 g/mol. The summed E-state index contributed by atoms with van der Waals surface area (Å²) in [6.07, 6.45) is 1.42. The number of hydrogen-bond acceptors (Lipinski definition) is 2. The van der Waals surface area contributed by atoms with Gasteiger partial charge in [-0.15, -0.1) is 0 Å². The zero-order valence-electron chi connectivity index (χ0n) is 5.04. The van der Waals surface area contributed by atoms with Crippen LogP contribution in [0.3, 0.4) is 0 Å². The van der Waals surface area contributed by atoms with Crippen LogP contribution in [-0.4, -0.2) is 10.9 Å². The van der Waals surface area contributed by atoms with Gasteiger partial charge in [0.2, 0.25) is 0 Å². The molecule has 0 unspecified atom stereocenters. The standard InChI is InChI=1S/C6H5FN2O/c7-9-6(10)5-3-1-2-4-8-5/h1-4H,(H,9,10). The molecule has 0 spiro atoms. The SMILES string of the molecule is O=C(NF)c1ccccn1. The highest BCUT2D eigenvalue weighted by atomic mass is 19.2. The van der Waals surface area contributed by atoms with E-state index in [4.69, 9.17) is 0 Å². The number of carbonyl (C=O) groups excluding carboxylic acids is 1. The molecule has 1 rings (SSSR count). The van der Waals surface area contributed by atoms with Crippen molar-refractivity contribution in [1.82, 2.24) is 10.5 Å². The predicted molar refractivity (Wildman–Crippen MR) is 32.8 cm³/mol. The van der Waals surface area contributed by atoms with E-state index in [1.807, 2.05) is 0 Å². The van der Waals surface area contributed by atoms with Crippen LogP contribution in [0.4, 0.5) is 4.48 Å². The van der Waals surface area contributed by atoms with Crippen molar-refractivity contribution >= 4 is 5.91 Å². The third-order valence-corrected chi connectivity index (χ3v) is 0.983. The fraction of sp³-hybridized carbons (Fsp3) is 0. The van der Waals surface area contributed by atoms with E-state index in [-0.39, 0.29) is 5.69 Å². The molecule has 0 aromatic carbocycles. The van der Waals surface area contributed by atoms with Crippen molar-refractivity contribution in [2.24, 2.45) is 0 Å². The van der Waals surface area contributed by atoms with E-state index in [0.29, 0.717) is 0 Å². The van der Waals surface area contributed by atoms with E-state index in [9.17, 15) is 9.28 Å². The largest absolute Gasteiger partial charge is 0.297 e. The Labute approximate surface area is 56.8 Å². The molecule has 10 heavy (non-hydrogen) atoms. The number of aromatic nitrogens is 1. The van der Waals surface area contributed by atoms with E-state index >= 15 is 0 Å². The van der Waals surface area contributed by atoms with Gasteiger partial charge in [0.05, 0.1) is 0 Å². The lowest BCUT2D eigenvalue weighted by Gasteiger charge is -1.91. The maximum atomic E-state index is 11.4. The van der Waals surface area contributed by atoms with Gasteiger partial charge >= 0.3 is 0 Å². The van der Waals surface area contributed by atoms with Crippen LogP contribution >= 0.6 is 0 Å². The highest BCUT2D eigenvalue weighted by Crippen LogP contribution is 1.91. The number of halogens is 1. The minimum absolute atomic E-state index is 0.0741. The minimum atomic E-state index is -0.819. The van der Waals surface area contributed by atoms with E-state index < -0.39 is 5.91 Å². The molecule has 1 heterocycles. The van der Waals surface area contributed by atoms with Gasteiger partial charge in [0.15, 0.2) is 0 Å². The Hall–Kier alpha value is -1.45. The molecule has 1 aromatic rings. The summed E-state index contributed by atoms with van der Waals surface area (Å²) in [5, 5.41) is 0. The molecule has 0 fully saturated rings. The second kappa shape index (κ2) is 2.91. The molecule has 3 nitrogen and oxygen atoms in total. The fourth-order valence-corrected chi connectivity index (χ4v) is 0.545. The summed E-state index contributed by atoms with van der Waals surface area (Å²) in [6, 6.07) is 4.68. The fourth-order valence-electron chi connectivity index (χ4n) is 0.545. The zero-order valence-corrected chi connectivity index (χ0v) is 5.04. The summed E-state index contributed by atoms with van der Waals surface area (Å²) in [5.74, 6) is -0.819. The molecule has 1 amide bonds. The first-order chi connectivity index (χ1) is 4.84. The molecule has 1 aromatic heterocycles. The molecule has 4 heteroatoms. The number of nitrogens with zero attached hydrogens (tertiary/aromatic N) is 1. The van der Waals surface area contributed by atoms with Gasteiger partial charge in [-0.1, -0.05) is 10.5 Å². The summed E-state index contributed by atoms with van der Waals surface area (Å²) in [5.41, 5.74) is 1.05. The first-order valence-corrected chi connectivity index (χ1v) is 2.66. The first kappa shape index (κ1) is 6.67. The highest BCUT2D eigenvalue weighted by molar-refractivity contribution is 5.91. The number of pyridine rings is 1. The average Bonchev–Trinajstić information content (AvgIpc) is 2.05. The van der Waals surface area contributed by atoms with Gasteiger partial charge in [-0.25, -0.2) is 0 Å². The number of nitrogens with one attached hydrogen (secondary N) is 1. The third-order valence-electron chi connectivity index (χ3n) is 0.983. The molecule has 0 aliphatic carbocycles. The van der Waals surface area contributed by atoms with Crippen molar-refractivity contribution in [1.29, 1.82) is 0 Å². The highest BCUT2D eigenvalue weighted by Gasteiger charge is 2.02. The first-order valence-electron chi connectivity index (χ1n) is 2.66. The molecule has 0 saturated carbocycles. The lowest BCUT2D eigenvalue weighted by molar-refractivity contribution is 0.0854. The molecule has 0 aliphatic heterocycles. The summed E-state index contributed by atoms with van der Waals surface area (Å²) in [4.78, 5) is 14.1. The smallest absolute Gasteiger partial charge is 0.265 e. The Kier molecular flexibility index (Phi) is 1.94. The van der Waals surface area contributed by atoms with E-state index in [0.717, 1.165) is 5.54 Å². The molecule has 0 radical (unpaired) electrons. The van der Waals surface area contributed by atoms with Crippen LogP contribution in [0.25, 0.3) is 0 Å². The molecule has 1 N–H and O–H groups in total. The van der Waals surface area contributed by atoms with Crippen molar-refractivity contribution in [2.45, 2.75) is 0 Å². The summed E-state index contributed by atoms with van der Waals surface area (Å²) in [7, 11) is 0. The van der Waals surface area contributed by atoms with Crippen LogP contribution < -0.4 is 5.54 Å². The van der Waals surface area contributed by atoms with E-state index in [2.05, 4.69) is 4.98 Å².